The molecule has 3 rings (SSSR count). The van der Waals surface area contributed by atoms with Crippen molar-refractivity contribution in [2.24, 2.45) is 11.8 Å². The average Bonchev–Trinajstić information content (AvgIpc) is 3.36. The molecule has 1 saturated heterocycles. The number of hydrogen-bond donors (Lipinski definition) is 1. The Kier molecular flexibility index (Phi) is 4.32. The molecule has 2 unspecified atom stereocenters. The number of nitrogens with one attached hydrogen (secondary N) is 1. The molecule has 5 heteroatoms. The van der Waals surface area contributed by atoms with Gasteiger partial charge in [-0.1, -0.05) is 0 Å². The Bertz CT molecular complexity index is 550. The Hall–Kier alpha value is -2.04. The predicted molar refractivity (Wildman–Crippen MR) is 83.7 cm³/mol. The van der Waals surface area contributed by atoms with Crippen LogP contribution < -0.4 is 10.1 Å². The summed E-state index contributed by atoms with van der Waals surface area (Å²) in [6.45, 7) is 1.70. The van der Waals surface area contributed by atoms with Crippen LogP contribution in [-0.2, 0) is 9.59 Å². The van der Waals surface area contributed by atoms with Gasteiger partial charge in [0, 0.05) is 18.8 Å². The lowest BCUT2D eigenvalue weighted by molar-refractivity contribution is -0.134. The van der Waals surface area contributed by atoms with E-state index >= 15 is 0 Å². The molecule has 0 radical (unpaired) electrons. The Morgan fingerprint density at radius 2 is 1.77 bits per heavy atom. The molecule has 0 bridgehead atoms. The van der Waals surface area contributed by atoms with E-state index < -0.39 is 0 Å². The third-order valence-electron chi connectivity index (χ3n) is 4.47. The van der Waals surface area contributed by atoms with Crippen molar-refractivity contribution in [2.45, 2.75) is 25.7 Å². The van der Waals surface area contributed by atoms with Crippen molar-refractivity contribution in [1.29, 1.82) is 0 Å². The predicted octanol–water partition coefficient (Wildman–Crippen LogP) is 2.28. The highest BCUT2D eigenvalue weighted by molar-refractivity contribution is 5.99. The second-order valence-electron chi connectivity index (χ2n) is 6.05. The monoisotopic (exact) mass is 302 g/mol. The molecule has 118 valence electrons. The van der Waals surface area contributed by atoms with E-state index in [1.54, 1.807) is 31.4 Å². The first-order chi connectivity index (χ1) is 10.7. The zero-order valence-electron chi connectivity index (χ0n) is 12.9. The molecule has 1 N–H and O–H groups in total. The van der Waals surface area contributed by atoms with Gasteiger partial charge >= 0.3 is 0 Å². The molecule has 1 aromatic carbocycles. The highest BCUT2D eigenvalue weighted by Crippen LogP contribution is 2.41. The third-order valence-corrected chi connectivity index (χ3v) is 4.47. The summed E-state index contributed by atoms with van der Waals surface area (Å²) in [5, 5.41) is 2.88. The van der Waals surface area contributed by atoms with Gasteiger partial charge in [-0.3, -0.25) is 9.59 Å². The van der Waals surface area contributed by atoms with Crippen LogP contribution in [0.3, 0.4) is 0 Å². The van der Waals surface area contributed by atoms with E-state index in [-0.39, 0.29) is 23.7 Å². The summed E-state index contributed by atoms with van der Waals surface area (Å²) in [6, 6.07) is 7.22. The lowest BCUT2D eigenvalue weighted by Crippen LogP contribution is -2.37. The van der Waals surface area contributed by atoms with E-state index in [9.17, 15) is 9.59 Å². The Morgan fingerprint density at radius 3 is 2.41 bits per heavy atom. The molecule has 1 heterocycles. The van der Waals surface area contributed by atoms with E-state index in [4.69, 9.17) is 4.74 Å². The number of benzene rings is 1. The fraction of sp³-hybridized carbons (Fsp3) is 0.529. The number of methoxy groups -OCH3 is 1. The minimum absolute atomic E-state index is 0.0551. The molecule has 22 heavy (non-hydrogen) atoms. The number of ether oxygens (including phenoxy) is 1. The van der Waals surface area contributed by atoms with Crippen molar-refractivity contribution in [3.63, 3.8) is 0 Å². The lowest BCUT2D eigenvalue weighted by Gasteiger charge is -2.26. The van der Waals surface area contributed by atoms with Crippen LogP contribution in [0.4, 0.5) is 5.69 Å². The number of hydrogen-bond acceptors (Lipinski definition) is 3. The van der Waals surface area contributed by atoms with Crippen LogP contribution in [0.1, 0.15) is 25.7 Å². The first-order valence-electron chi connectivity index (χ1n) is 7.93. The normalized spacial score (nSPS) is 23.8. The van der Waals surface area contributed by atoms with Crippen LogP contribution in [0.2, 0.25) is 0 Å². The van der Waals surface area contributed by atoms with Crippen molar-refractivity contribution in [3.8, 4) is 5.75 Å². The van der Waals surface area contributed by atoms with Gasteiger partial charge in [0.2, 0.25) is 11.8 Å². The standard InChI is InChI=1S/C17H22N2O3/c1-22-13-7-5-12(6-8-13)18-16(20)14-11-15(14)17(21)19-9-3-2-4-10-19/h5-8,14-15H,2-4,9-11H2,1H3,(H,18,20). The van der Waals surface area contributed by atoms with Gasteiger partial charge in [0.1, 0.15) is 5.75 Å². The maximum atomic E-state index is 12.3. The Labute approximate surface area is 130 Å². The van der Waals surface area contributed by atoms with Crippen LogP contribution in [0.5, 0.6) is 5.75 Å². The molecule has 0 spiro atoms. The molecule has 1 saturated carbocycles. The molecule has 0 aromatic heterocycles. The average molecular weight is 302 g/mol. The maximum absolute atomic E-state index is 12.3. The third kappa shape index (κ3) is 3.24. The summed E-state index contributed by atoms with van der Waals surface area (Å²) in [5.74, 6) is 0.575. The fourth-order valence-corrected chi connectivity index (χ4v) is 3.02. The first-order valence-corrected chi connectivity index (χ1v) is 7.93. The molecule has 2 atom stereocenters. The zero-order valence-corrected chi connectivity index (χ0v) is 12.9. The van der Waals surface area contributed by atoms with Gasteiger partial charge in [-0.2, -0.15) is 0 Å². The van der Waals surface area contributed by atoms with E-state index in [1.165, 1.54) is 6.42 Å². The van der Waals surface area contributed by atoms with E-state index in [1.807, 2.05) is 4.90 Å². The van der Waals surface area contributed by atoms with Gasteiger partial charge < -0.3 is 15.0 Å². The number of likely N-dealkylation sites (tertiary alicyclic amines) is 1. The summed E-state index contributed by atoms with van der Waals surface area (Å²) in [4.78, 5) is 26.5. The molecular formula is C17H22N2O3. The van der Waals surface area contributed by atoms with E-state index in [2.05, 4.69) is 5.32 Å². The summed E-state index contributed by atoms with van der Waals surface area (Å²) < 4.78 is 5.09. The van der Waals surface area contributed by atoms with Crippen molar-refractivity contribution >= 4 is 17.5 Å². The second kappa shape index (κ2) is 6.38. The minimum atomic E-state index is -0.170. The van der Waals surface area contributed by atoms with E-state index in [0.717, 1.165) is 37.4 Å². The smallest absolute Gasteiger partial charge is 0.228 e. The SMILES string of the molecule is COc1ccc(NC(=O)C2CC2C(=O)N2CCCCC2)cc1. The number of carbonyl (C=O) groups excluding carboxylic acids is 2. The number of carbonyl (C=O) groups is 2. The summed E-state index contributed by atoms with van der Waals surface area (Å²) in [6.07, 6.45) is 4.05. The highest BCUT2D eigenvalue weighted by Gasteiger charge is 2.49. The van der Waals surface area contributed by atoms with Gasteiger partial charge in [0.25, 0.3) is 0 Å². The van der Waals surface area contributed by atoms with Gasteiger partial charge in [-0.25, -0.2) is 0 Å². The zero-order chi connectivity index (χ0) is 15.5. The number of rotatable bonds is 4. The van der Waals surface area contributed by atoms with E-state index in [0.29, 0.717) is 6.42 Å². The van der Waals surface area contributed by atoms with Crippen LogP contribution in [0.25, 0.3) is 0 Å². The summed E-state index contributed by atoms with van der Waals surface area (Å²) >= 11 is 0. The van der Waals surface area contributed by atoms with Crippen LogP contribution in [0, 0.1) is 11.8 Å². The molecule has 2 aliphatic rings. The fourth-order valence-electron chi connectivity index (χ4n) is 3.02. The van der Waals surface area contributed by atoms with Crippen molar-refractivity contribution in [2.75, 3.05) is 25.5 Å². The number of amides is 2. The van der Waals surface area contributed by atoms with Gasteiger partial charge in [0.05, 0.1) is 18.9 Å². The first kappa shape index (κ1) is 14.9. The van der Waals surface area contributed by atoms with Crippen LogP contribution in [-0.4, -0.2) is 36.9 Å². The van der Waals surface area contributed by atoms with Crippen molar-refractivity contribution in [3.05, 3.63) is 24.3 Å². The largest absolute Gasteiger partial charge is 0.497 e. The molecule has 2 fully saturated rings. The van der Waals surface area contributed by atoms with Crippen LogP contribution >= 0.6 is 0 Å². The van der Waals surface area contributed by atoms with Crippen molar-refractivity contribution in [1.82, 2.24) is 4.90 Å². The maximum Gasteiger partial charge on any atom is 0.228 e. The lowest BCUT2D eigenvalue weighted by atomic mass is 10.1. The molecular weight excluding hydrogens is 280 g/mol. The van der Waals surface area contributed by atoms with Gasteiger partial charge in [-0.15, -0.1) is 0 Å². The van der Waals surface area contributed by atoms with Gasteiger partial charge in [-0.05, 0) is 49.9 Å². The number of nitrogens with zero attached hydrogens (tertiary/aromatic N) is 1. The van der Waals surface area contributed by atoms with Crippen molar-refractivity contribution < 1.29 is 14.3 Å². The highest BCUT2D eigenvalue weighted by atomic mass is 16.5. The molecule has 1 aromatic rings. The second-order valence-corrected chi connectivity index (χ2v) is 6.05. The number of anilines is 1. The number of piperidine rings is 1. The van der Waals surface area contributed by atoms with Gasteiger partial charge in [0.15, 0.2) is 0 Å². The minimum Gasteiger partial charge on any atom is -0.497 e. The molecule has 5 nitrogen and oxygen atoms in total. The molecule has 1 aliphatic carbocycles. The summed E-state index contributed by atoms with van der Waals surface area (Å²) in [7, 11) is 1.61. The van der Waals surface area contributed by atoms with Crippen LogP contribution in [0.15, 0.2) is 24.3 Å². The Balaban J connectivity index is 1.52. The Morgan fingerprint density at radius 1 is 1.09 bits per heavy atom. The topological polar surface area (TPSA) is 58.6 Å². The molecule has 2 amide bonds. The summed E-state index contributed by atoms with van der Waals surface area (Å²) in [5.41, 5.74) is 0.738. The quantitative estimate of drug-likeness (QED) is 0.928. The molecule has 1 aliphatic heterocycles.